The molecular weight excluding hydrogens is 324 g/mol. The molecule has 0 radical (unpaired) electrons. The van der Waals surface area contributed by atoms with E-state index in [1.165, 1.54) is 18.2 Å². The fourth-order valence-corrected chi connectivity index (χ4v) is 2.43. The quantitative estimate of drug-likeness (QED) is 0.727. The minimum absolute atomic E-state index is 0.0344. The predicted molar refractivity (Wildman–Crippen MR) is 94.5 cm³/mol. The molecule has 0 spiro atoms. The lowest BCUT2D eigenvalue weighted by Crippen LogP contribution is -2.26. The van der Waals surface area contributed by atoms with Gasteiger partial charge in [0.2, 0.25) is 5.91 Å². The van der Waals surface area contributed by atoms with Gasteiger partial charge in [-0.05, 0) is 31.1 Å². The number of amides is 1. The molecule has 0 aliphatic rings. The molecule has 5 heteroatoms. The van der Waals surface area contributed by atoms with Crippen LogP contribution in [0.4, 0.5) is 8.78 Å². The summed E-state index contributed by atoms with van der Waals surface area (Å²) in [4.78, 5) is 12.2. The van der Waals surface area contributed by atoms with Gasteiger partial charge in [-0.1, -0.05) is 55.0 Å². The lowest BCUT2D eigenvalue weighted by Gasteiger charge is -2.16. The molecule has 0 saturated heterocycles. The summed E-state index contributed by atoms with van der Waals surface area (Å²) in [7, 11) is 0. The molecule has 132 valence electrons. The molecule has 0 aliphatic carbocycles. The summed E-state index contributed by atoms with van der Waals surface area (Å²) >= 11 is 0. The van der Waals surface area contributed by atoms with E-state index in [4.69, 9.17) is 0 Å². The second-order valence-electron chi connectivity index (χ2n) is 5.63. The Bertz CT molecular complexity index is 727. The van der Waals surface area contributed by atoms with Crippen LogP contribution < -0.4 is 10.1 Å². The summed E-state index contributed by atoms with van der Waals surface area (Å²) in [6.45, 7) is 1.08. The molecule has 0 aliphatic heterocycles. The minimum atomic E-state index is -2.91. The van der Waals surface area contributed by atoms with E-state index in [1.54, 1.807) is 18.2 Å². The second kappa shape index (κ2) is 8.97. The van der Waals surface area contributed by atoms with E-state index < -0.39 is 6.61 Å². The number of nitrogens with one attached hydrogen (secondary N) is 1. The van der Waals surface area contributed by atoms with Gasteiger partial charge >= 0.3 is 6.61 Å². The molecule has 25 heavy (non-hydrogen) atoms. The molecule has 1 amide bonds. The van der Waals surface area contributed by atoms with Crippen LogP contribution in [-0.2, 0) is 4.79 Å². The van der Waals surface area contributed by atoms with Crippen molar-refractivity contribution in [3.05, 3.63) is 71.3 Å². The van der Waals surface area contributed by atoms with Crippen LogP contribution in [0.1, 0.15) is 36.1 Å². The highest BCUT2D eigenvalue weighted by molar-refractivity contribution is 5.92. The van der Waals surface area contributed by atoms with Crippen LogP contribution >= 0.6 is 0 Å². The molecule has 1 N–H and O–H groups in total. The van der Waals surface area contributed by atoms with Crippen molar-refractivity contribution >= 4 is 12.0 Å². The summed E-state index contributed by atoms with van der Waals surface area (Å²) in [6, 6.07) is 14.2. The van der Waals surface area contributed by atoms with Crippen molar-refractivity contribution in [1.29, 1.82) is 0 Å². The third-order valence-corrected chi connectivity index (χ3v) is 3.75. The molecule has 1 atom stereocenters. The van der Waals surface area contributed by atoms with Crippen LogP contribution in [0, 0.1) is 6.92 Å². The number of para-hydroxylation sites is 1. The summed E-state index contributed by atoms with van der Waals surface area (Å²) in [5, 5.41) is 2.92. The smallest absolute Gasteiger partial charge is 0.387 e. The SMILES string of the molecule is CCC(NC(=O)/C=C/c1ccccc1OC(F)F)c1ccc(C)cc1. The molecule has 0 bridgehead atoms. The zero-order valence-electron chi connectivity index (χ0n) is 14.2. The van der Waals surface area contributed by atoms with Gasteiger partial charge in [-0.25, -0.2) is 0 Å². The maximum atomic E-state index is 12.4. The van der Waals surface area contributed by atoms with Gasteiger partial charge in [0, 0.05) is 11.6 Å². The molecular formula is C20H21F2NO2. The Hall–Kier alpha value is -2.69. The van der Waals surface area contributed by atoms with Crippen molar-refractivity contribution in [2.45, 2.75) is 32.9 Å². The Morgan fingerprint density at radius 1 is 1.16 bits per heavy atom. The first kappa shape index (κ1) is 18.6. The fraction of sp³-hybridized carbons (Fsp3) is 0.250. The van der Waals surface area contributed by atoms with Crippen LogP contribution in [0.5, 0.6) is 5.75 Å². The van der Waals surface area contributed by atoms with Crippen molar-refractivity contribution in [2.75, 3.05) is 0 Å². The third kappa shape index (κ3) is 5.71. The van der Waals surface area contributed by atoms with Gasteiger partial charge in [0.05, 0.1) is 6.04 Å². The first-order chi connectivity index (χ1) is 12.0. The Morgan fingerprint density at radius 3 is 2.48 bits per heavy atom. The number of benzene rings is 2. The number of rotatable bonds is 7. The molecule has 3 nitrogen and oxygen atoms in total. The van der Waals surface area contributed by atoms with E-state index >= 15 is 0 Å². The largest absolute Gasteiger partial charge is 0.434 e. The molecule has 2 aromatic carbocycles. The van der Waals surface area contributed by atoms with Crippen LogP contribution in [0.3, 0.4) is 0 Å². The van der Waals surface area contributed by atoms with Gasteiger partial charge in [-0.3, -0.25) is 4.79 Å². The second-order valence-corrected chi connectivity index (χ2v) is 5.63. The summed E-state index contributed by atoms with van der Waals surface area (Å²) in [5.41, 5.74) is 2.60. The van der Waals surface area contributed by atoms with Gasteiger partial charge in [0.15, 0.2) is 0 Å². The van der Waals surface area contributed by atoms with E-state index in [2.05, 4.69) is 10.1 Å². The average molecular weight is 345 g/mol. The number of carbonyl (C=O) groups excluding carboxylic acids is 1. The van der Waals surface area contributed by atoms with E-state index in [-0.39, 0.29) is 17.7 Å². The van der Waals surface area contributed by atoms with Crippen molar-refractivity contribution < 1.29 is 18.3 Å². The molecule has 1 unspecified atom stereocenters. The van der Waals surface area contributed by atoms with Gasteiger partial charge in [0.25, 0.3) is 0 Å². The Kier molecular flexibility index (Phi) is 6.69. The number of aryl methyl sites for hydroxylation is 1. The standard InChI is InChI=1S/C20H21F2NO2/c1-3-17(15-10-8-14(2)9-11-15)23-19(24)13-12-16-6-4-5-7-18(16)25-20(21)22/h4-13,17,20H,3H2,1-2H3,(H,23,24)/b13-12+. The fourth-order valence-electron chi connectivity index (χ4n) is 2.43. The topological polar surface area (TPSA) is 38.3 Å². The molecule has 2 rings (SSSR count). The Labute approximate surface area is 146 Å². The van der Waals surface area contributed by atoms with E-state index in [0.29, 0.717) is 5.56 Å². The highest BCUT2D eigenvalue weighted by Crippen LogP contribution is 2.22. The highest BCUT2D eigenvalue weighted by Gasteiger charge is 2.11. The molecule has 0 saturated carbocycles. The van der Waals surface area contributed by atoms with Gasteiger partial charge in [-0.2, -0.15) is 8.78 Å². The third-order valence-electron chi connectivity index (χ3n) is 3.75. The predicted octanol–water partition coefficient (Wildman–Crippen LogP) is 4.88. The normalized spacial score (nSPS) is 12.4. The highest BCUT2D eigenvalue weighted by atomic mass is 19.3. The first-order valence-electron chi connectivity index (χ1n) is 8.08. The molecule has 0 fully saturated rings. The number of carbonyl (C=O) groups is 1. The maximum Gasteiger partial charge on any atom is 0.387 e. The Morgan fingerprint density at radius 2 is 1.84 bits per heavy atom. The first-order valence-corrected chi connectivity index (χ1v) is 8.08. The molecule has 0 heterocycles. The number of hydrogen-bond donors (Lipinski definition) is 1. The van der Waals surface area contributed by atoms with Crippen LogP contribution in [0.15, 0.2) is 54.6 Å². The van der Waals surface area contributed by atoms with Gasteiger partial charge in [0.1, 0.15) is 5.75 Å². The zero-order valence-corrected chi connectivity index (χ0v) is 14.2. The molecule has 2 aromatic rings. The average Bonchev–Trinajstić information content (AvgIpc) is 2.59. The summed E-state index contributed by atoms with van der Waals surface area (Å²) < 4.78 is 29.3. The van der Waals surface area contributed by atoms with E-state index in [9.17, 15) is 13.6 Å². The van der Waals surface area contributed by atoms with Crippen LogP contribution in [0.2, 0.25) is 0 Å². The van der Waals surface area contributed by atoms with Gasteiger partial charge < -0.3 is 10.1 Å². The molecule has 0 aromatic heterocycles. The number of halogens is 2. The maximum absolute atomic E-state index is 12.4. The van der Waals surface area contributed by atoms with Crippen molar-refractivity contribution in [1.82, 2.24) is 5.32 Å². The van der Waals surface area contributed by atoms with Gasteiger partial charge in [-0.15, -0.1) is 0 Å². The van der Waals surface area contributed by atoms with Crippen molar-refractivity contribution in [2.24, 2.45) is 0 Å². The number of alkyl halides is 2. The lowest BCUT2D eigenvalue weighted by atomic mass is 10.0. The number of ether oxygens (including phenoxy) is 1. The Balaban J connectivity index is 2.06. The van der Waals surface area contributed by atoms with Crippen molar-refractivity contribution in [3.63, 3.8) is 0 Å². The van der Waals surface area contributed by atoms with E-state index in [0.717, 1.165) is 17.5 Å². The monoisotopic (exact) mass is 345 g/mol. The lowest BCUT2D eigenvalue weighted by molar-refractivity contribution is -0.117. The number of hydrogen-bond acceptors (Lipinski definition) is 2. The van der Waals surface area contributed by atoms with Crippen LogP contribution in [0.25, 0.3) is 6.08 Å². The van der Waals surface area contributed by atoms with Crippen LogP contribution in [-0.4, -0.2) is 12.5 Å². The van der Waals surface area contributed by atoms with E-state index in [1.807, 2.05) is 38.1 Å². The summed E-state index contributed by atoms with van der Waals surface area (Å²) in [6.07, 6.45) is 3.53. The summed E-state index contributed by atoms with van der Waals surface area (Å²) in [5.74, 6) is -0.258. The minimum Gasteiger partial charge on any atom is -0.434 e. The zero-order chi connectivity index (χ0) is 18.2. The van der Waals surface area contributed by atoms with Crippen molar-refractivity contribution in [3.8, 4) is 5.75 Å².